The Balaban J connectivity index is 1.58. The van der Waals surface area contributed by atoms with Gasteiger partial charge in [-0.2, -0.15) is 0 Å². The van der Waals surface area contributed by atoms with Gasteiger partial charge in [0.1, 0.15) is 11.2 Å². The zero-order valence-electron chi connectivity index (χ0n) is 22.1. The maximum absolute atomic E-state index is 6.73. The van der Waals surface area contributed by atoms with E-state index in [0.29, 0.717) is 0 Å². The molecule has 0 radical (unpaired) electrons. The summed E-state index contributed by atoms with van der Waals surface area (Å²) in [6.07, 6.45) is 4.18. The molecule has 3 aromatic carbocycles. The quantitative estimate of drug-likeness (QED) is 0.240. The van der Waals surface area contributed by atoms with Crippen molar-refractivity contribution in [3.05, 3.63) is 139 Å². The lowest BCUT2D eigenvalue weighted by molar-refractivity contribution is 0.668. The first kappa shape index (κ1) is 23.3. The van der Waals surface area contributed by atoms with Crippen molar-refractivity contribution in [1.29, 1.82) is 0 Å². The highest BCUT2D eigenvalue weighted by Crippen LogP contribution is 2.36. The Morgan fingerprint density at radius 1 is 0.390 bits per heavy atom. The second-order valence-corrected chi connectivity index (χ2v) is 10.2. The number of fused-ring (bicyclic) bond motifs is 9. The summed E-state index contributed by atoms with van der Waals surface area (Å²) < 4.78 is 6.73. The van der Waals surface area contributed by atoms with Gasteiger partial charge in [0.2, 0.25) is 0 Å². The van der Waals surface area contributed by atoms with Crippen molar-refractivity contribution >= 4 is 45.4 Å². The summed E-state index contributed by atoms with van der Waals surface area (Å²) in [5, 5.41) is 0. The maximum atomic E-state index is 6.73. The van der Waals surface area contributed by atoms with E-state index in [1.807, 2.05) is 18.2 Å². The summed E-state index contributed by atoms with van der Waals surface area (Å²) in [7, 11) is 0. The molecule has 4 aromatic heterocycles. The van der Waals surface area contributed by atoms with E-state index < -0.39 is 0 Å². The zero-order valence-corrected chi connectivity index (χ0v) is 22.1. The van der Waals surface area contributed by atoms with E-state index in [0.717, 1.165) is 78.0 Å². The zero-order chi connectivity index (χ0) is 27.2. The number of nitrogens with zero attached hydrogens (tertiary/aromatic N) is 1. The second-order valence-electron chi connectivity index (χ2n) is 10.2. The fourth-order valence-corrected chi connectivity index (χ4v) is 5.75. The Bertz CT molecular complexity index is 2180. The van der Waals surface area contributed by atoms with Crippen LogP contribution in [0.5, 0.6) is 0 Å². The number of rotatable bonds is 3. The number of H-pyrrole nitrogens is 2. The van der Waals surface area contributed by atoms with E-state index >= 15 is 0 Å². The van der Waals surface area contributed by atoms with Crippen LogP contribution in [-0.2, 0) is 0 Å². The van der Waals surface area contributed by atoms with Crippen LogP contribution >= 0.6 is 0 Å². The van der Waals surface area contributed by atoms with Gasteiger partial charge in [-0.3, -0.25) is 0 Å². The monoisotopic (exact) mass is 527 g/mol. The van der Waals surface area contributed by atoms with E-state index in [1.54, 1.807) is 0 Å². The first-order chi connectivity index (χ1) is 20.3. The Morgan fingerprint density at radius 3 is 1.34 bits per heavy atom. The highest BCUT2D eigenvalue weighted by Gasteiger charge is 2.15. The lowest BCUT2D eigenvalue weighted by atomic mass is 10.0. The summed E-state index contributed by atoms with van der Waals surface area (Å²) in [5.41, 5.74) is 13.6. The van der Waals surface area contributed by atoms with Crippen molar-refractivity contribution in [3.63, 3.8) is 0 Å². The summed E-state index contributed by atoms with van der Waals surface area (Å²) >= 11 is 0. The van der Waals surface area contributed by atoms with Gasteiger partial charge >= 0.3 is 0 Å². The van der Waals surface area contributed by atoms with Gasteiger partial charge in [0.05, 0.1) is 27.9 Å². The number of furan rings is 1. The predicted molar refractivity (Wildman–Crippen MR) is 169 cm³/mol. The minimum absolute atomic E-state index is 0.794. The summed E-state index contributed by atoms with van der Waals surface area (Å²) in [6, 6.07) is 43.8. The molecule has 0 saturated carbocycles. The lowest BCUT2D eigenvalue weighted by Gasteiger charge is -2.04. The fourth-order valence-electron chi connectivity index (χ4n) is 5.75. The van der Waals surface area contributed by atoms with Crippen LogP contribution in [0, 0.1) is 0 Å². The van der Waals surface area contributed by atoms with Gasteiger partial charge in [-0.15, -0.1) is 0 Å². The third kappa shape index (κ3) is 4.05. The van der Waals surface area contributed by atoms with Gasteiger partial charge in [0.25, 0.3) is 0 Å². The molecule has 41 heavy (non-hydrogen) atoms. The number of nitrogens with one attached hydrogen (secondary N) is 2. The van der Waals surface area contributed by atoms with Gasteiger partial charge < -0.3 is 14.4 Å². The largest absolute Gasteiger partial charge is 0.456 e. The molecule has 8 bridgehead atoms. The van der Waals surface area contributed by atoms with Crippen LogP contribution in [0.2, 0.25) is 0 Å². The second kappa shape index (κ2) is 9.54. The van der Waals surface area contributed by atoms with Crippen LogP contribution in [-0.4, -0.2) is 15.0 Å². The molecule has 5 heterocycles. The average molecular weight is 528 g/mol. The molecule has 0 atom stereocenters. The SMILES string of the molecule is C1=Cc2nc1c(-c1ccccc1)c1ccc([nH]1)c(-c1ccccc1)c1ccc(o1)c(-c1ccccc1)c1ccc2[nH]1. The van der Waals surface area contributed by atoms with Crippen molar-refractivity contribution in [2.75, 3.05) is 0 Å². The summed E-state index contributed by atoms with van der Waals surface area (Å²) in [4.78, 5) is 12.5. The third-order valence-corrected chi connectivity index (χ3v) is 7.64. The van der Waals surface area contributed by atoms with Crippen molar-refractivity contribution in [3.8, 4) is 33.4 Å². The molecule has 1 aliphatic heterocycles. The highest BCUT2D eigenvalue weighted by molar-refractivity contribution is 5.99. The molecule has 0 fully saturated rings. The van der Waals surface area contributed by atoms with Crippen molar-refractivity contribution in [2.24, 2.45) is 0 Å². The normalized spacial score (nSPS) is 11.8. The van der Waals surface area contributed by atoms with E-state index in [9.17, 15) is 0 Å². The molecule has 2 N–H and O–H groups in total. The molecule has 0 aliphatic carbocycles. The van der Waals surface area contributed by atoms with E-state index in [-0.39, 0.29) is 0 Å². The van der Waals surface area contributed by atoms with Crippen LogP contribution in [0.25, 0.3) is 78.8 Å². The molecule has 1 aliphatic rings. The lowest BCUT2D eigenvalue weighted by Crippen LogP contribution is -1.85. The van der Waals surface area contributed by atoms with E-state index in [2.05, 4.69) is 131 Å². The van der Waals surface area contributed by atoms with Crippen LogP contribution in [0.15, 0.2) is 132 Å². The predicted octanol–water partition coefficient (Wildman–Crippen LogP) is 9.96. The average Bonchev–Trinajstić information content (AvgIpc) is 3.84. The molecule has 0 spiro atoms. The number of aromatic nitrogens is 3. The van der Waals surface area contributed by atoms with Gasteiger partial charge in [-0.05, 0) is 65.2 Å². The molecule has 0 saturated heterocycles. The molecule has 8 rings (SSSR count). The molecule has 194 valence electrons. The third-order valence-electron chi connectivity index (χ3n) is 7.64. The number of aromatic amines is 2. The van der Waals surface area contributed by atoms with Crippen molar-refractivity contribution < 1.29 is 4.42 Å². The van der Waals surface area contributed by atoms with E-state index in [4.69, 9.17) is 9.40 Å². The van der Waals surface area contributed by atoms with Crippen LogP contribution < -0.4 is 0 Å². The summed E-state index contributed by atoms with van der Waals surface area (Å²) in [5.74, 6) is 0. The van der Waals surface area contributed by atoms with Crippen molar-refractivity contribution in [1.82, 2.24) is 15.0 Å². The van der Waals surface area contributed by atoms with Gasteiger partial charge in [0.15, 0.2) is 0 Å². The highest BCUT2D eigenvalue weighted by atomic mass is 16.3. The van der Waals surface area contributed by atoms with Gasteiger partial charge in [0, 0.05) is 22.2 Å². The Hall–Kier alpha value is -5.61. The van der Waals surface area contributed by atoms with Gasteiger partial charge in [-0.1, -0.05) is 91.0 Å². The first-order valence-electron chi connectivity index (χ1n) is 13.7. The standard InChI is InChI=1S/C37H25N3O/c1-4-10-24(11-5-1)35-29-18-16-27(38-29)28-17-19-31(39-28)36(25-12-6-2-7-13-25)33-22-23-34(41-33)37(26-14-8-3-9-15-26)32-21-20-30(35)40-32/h1-23,39-40H. The van der Waals surface area contributed by atoms with Crippen LogP contribution in [0.4, 0.5) is 0 Å². The van der Waals surface area contributed by atoms with Crippen molar-refractivity contribution in [2.45, 2.75) is 0 Å². The number of hydrogen-bond acceptors (Lipinski definition) is 2. The number of benzene rings is 3. The number of hydrogen-bond donors (Lipinski definition) is 2. The fraction of sp³-hybridized carbons (Fsp3) is 0. The Kier molecular flexibility index (Phi) is 5.42. The Morgan fingerprint density at radius 2 is 0.805 bits per heavy atom. The molecular formula is C37H25N3O. The molecule has 0 amide bonds. The molecule has 0 unspecified atom stereocenters. The minimum atomic E-state index is 0.794. The van der Waals surface area contributed by atoms with Gasteiger partial charge in [-0.25, -0.2) is 4.98 Å². The summed E-state index contributed by atoms with van der Waals surface area (Å²) in [6.45, 7) is 0. The maximum Gasteiger partial charge on any atom is 0.137 e. The van der Waals surface area contributed by atoms with Crippen LogP contribution in [0.3, 0.4) is 0 Å². The topological polar surface area (TPSA) is 57.6 Å². The first-order valence-corrected chi connectivity index (χ1v) is 13.7. The molecule has 4 heteroatoms. The minimum Gasteiger partial charge on any atom is -0.456 e. The van der Waals surface area contributed by atoms with Crippen LogP contribution in [0.1, 0.15) is 11.4 Å². The molecular weight excluding hydrogens is 502 g/mol. The molecule has 7 aromatic rings. The van der Waals surface area contributed by atoms with E-state index in [1.165, 1.54) is 0 Å². The smallest absolute Gasteiger partial charge is 0.137 e. The molecule has 4 nitrogen and oxygen atoms in total. The Labute approximate surface area is 236 Å².